The smallest absolute Gasteiger partial charge is 0.339 e. The van der Waals surface area contributed by atoms with Crippen molar-refractivity contribution in [3.05, 3.63) is 35.4 Å². The molecule has 0 amide bonds. The van der Waals surface area contributed by atoms with Crippen molar-refractivity contribution in [3.63, 3.8) is 0 Å². The summed E-state index contributed by atoms with van der Waals surface area (Å²) >= 11 is 0. The molecule has 32 heavy (non-hydrogen) atoms. The molecule has 4 nitrogen and oxygen atoms in total. The van der Waals surface area contributed by atoms with Crippen molar-refractivity contribution >= 4 is 11.9 Å². The molecule has 1 aromatic rings. The Bertz CT molecular complexity index is 638. The number of rotatable bonds is 18. The lowest BCUT2D eigenvalue weighted by atomic mass is 9.99. The molecule has 4 heteroatoms. The van der Waals surface area contributed by atoms with Crippen LogP contribution in [0.2, 0.25) is 0 Å². The molecule has 0 fully saturated rings. The molecule has 0 aliphatic rings. The largest absolute Gasteiger partial charge is 0.462 e. The second kappa shape index (κ2) is 17.7. The molecule has 0 bridgehead atoms. The van der Waals surface area contributed by atoms with Gasteiger partial charge in [-0.3, -0.25) is 0 Å². The van der Waals surface area contributed by atoms with Crippen LogP contribution < -0.4 is 0 Å². The van der Waals surface area contributed by atoms with Gasteiger partial charge in [-0.1, -0.05) is 104 Å². The fourth-order valence-electron chi connectivity index (χ4n) is 3.92. The lowest BCUT2D eigenvalue weighted by molar-refractivity contribution is 0.0450. The third-order valence-electron chi connectivity index (χ3n) is 5.88. The topological polar surface area (TPSA) is 52.6 Å². The van der Waals surface area contributed by atoms with Crippen LogP contribution in [0, 0.1) is 11.8 Å². The van der Waals surface area contributed by atoms with Gasteiger partial charge in [-0.05, 0) is 36.8 Å². The average Bonchev–Trinajstić information content (AvgIpc) is 2.77. The first-order valence-electron chi connectivity index (χ1n) is 12.9. The predicted octanol–water partition coefficient (Wildman–Crippen LogP) is 7.99. The Morgan fingerprint density at radius 1 is 0.688 bits per heavy atom. The Morgan fingerprint density at radius 2 is 1.16 bits per heavy atom. The number of unbranched alkanes of at least 4 members (excludes halogenated alkanes) is 6. The summed E-state index contributed by atoms with van der Waals surface area (Å²) in [7, 11) is 0. The summed E-state index contributed by atoms with van der Waals surface area (Å²) in [6.07, 6.45) is 13.7. The lowest BCUT2D eigenvalue weighted by Gasteiger charge is -2.11. The van der Waals surface area contributed by atoms with Crippen molar-refractivity contribution in [3.8, 4) is 0 Å². The van der Waals surface area contributed by atoms with E-state index in [0.717, 1.165) is 37.5 Å². The zero-order valence-electron chi connectivity index (χ0n) is 21.0. The molecule has 0 aliphatic carbocycles. The molecule has 0 saturated carbocycles. The van der Waals surface area contributed by atoms with Gasteiger partial charge in [0.25, 0.3) is 0 Å². The van der Waals surface area contributed by atoms with Crippen molar-refractivity contribution in [2.24, 2.45) is 11.8 Å². The van der Waals surface area contributed by atoms with Crippen molar-refractivity contribution in [2.75, 3.05) is 13.2 Å². The average molecular weight is 447 g/mol. The molecule has 0 aromatic heterocycles. The molecule has 1 rings (SSSR count). The van der Waals surface area contributed by atoms with Crippen LogP contribution in [0.5, 0.6) is 0 Å². The summed E-state index contributed by atoms with van der Waals surface area (Å²) in [6.45, 7) is 9.81. The van der Waals surface area contributed by atoms with Gasteiger partial charge in [0, 0.05) is 0 Å². The highest BCUT2D eigenvalue weighted by Crippen LogP contribution is 2.16. The van der Waals surface area contributed by atoms with Gasteiger partial charge in [0.15, 0.2) is 0 Å². The minimum absolute atomic E-state index is 0.294. The number of carbonyl (C=O) groups is 2. The molecule has 0 spiro atoms. The molecular weight excluding hydrogens is 400 g/mol. The van der Waals surface area contributed by atoms with Gasteiger partial charge in [-0.15, -0.1) is 0 Å². The van der Waals surface area contributed by atoms with Gasteiger partial charge in [0.1, 0.15) is 0 Å². The van der Waals surface area contributed by atoms with Crippen LogP contribution in [-0.2, 0) is 9.47 Å². The van der Waals surface area contributed by atoms with E-state index in [4.69, 9.17) is 9.47 Å². The Balaban J connectivity index is 2.29. The maximum absolute atomic E-state index is 12.5. The van der Waals surface area contributed by atoms with Gasteiger partial charge >= 0.3 is 11.9 Å². The fraction of sp³-hybridized carbons (Fsp3) is 0.714. The van der Waals surface area contributed by atoms with Gasteiger partial charge in [0.2, 0.25) is 0 Å². The number of carbonyl (C=O) groups excluding carboxylic acids is 2. The quantitative estimate of drug-likeness (QED) is 0.169. The second-order valence-electron chi connectivity index (χ2n) is 9.51. The molecule has 1 aromatic carbocycles. The van der Waals surface area contributed by atoms with Crippen LogP contribution in [0.4, 0.5) is 0 Å². The molecule has 0 saturated heterocycles. The van der Waals surface area contributed by atoms with Gasteiger partial charge in [0.05, 0.1) is 24.3 Å². The molecular formula is C28H46O4. The van der Waals surface area contributed by atoms with Crippen molar-refractivity contribution < 1.29 is 19.1 Å². The van der Waals surface area contributed by atoms with E-state index in [-0.39, 0.29) is 0 Å². The first kappa shape index (κ1) is 28.2. The van der Waals surface area contributed by atoms with Crippen LogP contribution in [-0.4, -0.2) is 25.2 Å². The molecule has 0 heterocycles. The number of benzene rings is 1. The second-order valence-corrected chi connectivity index (χ2v) is 9.51. The van der Waals surface area contributed by atoms with Gasteiger partial charge in [-0.25, -0.2) is 9.59 Å². The zero-order chi connectivity index (χ0) is 23.6. The van der Waals surface area contributed by atoms with E-state index in [1.807, 2.05) is 0 Å². The molecule has 0 N–H and O–H groups in total. The summed E-state index contributed by atoms with van der Waals surface area (Å²) in [6, 6.07) is 6.78. The van der Waals surface area contributed by atoms with Crippen LogP contribution in [0.25, 0.3) is 0 Å². The van der Waals surface area contributed by atoms with Crippen molar-refractivity contribution in [2.45, 2.75) is 105 Å². The normalized spacial score (nSPS) is 12.0. The van der Waals surface area contributed by atoms with Crippen molar-refractivity contribution in [1.29, 1.82) is 0 Å². The Morgan fingerprint density at radius 3 is 1.69 bits per heavy atom. The van der Waals surface area contributed by atoms with E-state index in [0.29, 0.717) is 24.3 Å². The van der Waals surface area contributed by atoms with E-state index in [1.165, 1.54) is 51.4 Å². The maximum Gasteiger partial charge on any atom is 0.339 e. The molecule has 1 unspecified atom stereocenters. The van der Waals surface area contributed by atoms with Crippen LogP contribution in [0.1, 0.15) is 125 Å². The molecule has 1 atom stereocenters. The highest BCUT2D eigenvalue weighted by Gasteiger charge is 2.18. The van der Waals surface area contributed by atoms with E-state index in [1.54, 1.807) is 24.3 Å². The summed E-state index contributed by atoms with van der Waals surface area (Å²) < 4.78 is 10.8. The van der Waals surface area contributed by atoms with Crippen LogP contribution >= 0.6 is 0 Å². The van der Waals surface area contributed by atoms with E-state index in [9.17, 15) is 9.59 Å². The van der Waals surface area contributed by atoms with Crippen molar-refractivity contribution in [1.82, 2.24) is 0 Å². The number of hydrogen-bond acceptors (Lipinski definition) is 4. The monoisotopic (exact) mass is 446 g/mol. The molecule has 0 radical (unpaired) electrons. The van der Waals surface area contributed by atoms with Gasteiger partial charge < -0.3 is 9.47 Å². The van der Waals surface area contributed by atoms with Gasteiger partial charge in [-0.2, -0.15) is 0 Å². The Hall–Kier alpha value is -1.84. The highest BCUT2D eigenvalue weighted by molar-refractivity contribution is 6.03. The third-order valence-corrected chi connectivity index (χ3v) is 5.88. The fourth-order valence-corrected chi connectivity index (χ4v) is 3.92. The Labute approximate surface area is 196 Å². The summed E-state index contributed by atoms with van der Waals surface area (Å²) in [4.78, 5) is 25.0. The number of esters is 2. The van der Waals surface area contributed by atoms with E-state index >= 15 is 0 Å². The summed E-state index contributed by atoms with van der Waals surface area (Å²) in [5.74, 6) is 0.650. The highest BCUT2D eigenvalue weighted by atomic mass is 16.5. The minimum atomic E-state index is -0.443. The number of hydrogen-bond donors (Lipinski definition) is 0. The Kier molecular flexibility index (Phi) is 15.6. The zero-order valence-corrected chi connectivity index (χ0v) is 21.0. The SMILES string of the molecule is CCCC(C)CCCCCOC(=O)c1ccccc1C(=O)OCCCCCCCC(C)C. The summed E-state index contributed by atoms with van der Waals surface area (Å²) in [5, 5.41) is 0. The lowest BCUT2D eigenvalue weighted by Crippen LogP contribution is -2.15. The third kappa shape index (κ3) is 12.9. The maximum atomic E-state index is 12.5. The first-order valence-corrected chi connectivity index (χ1v) is 12.9. The standard InChI is InChI=1S/C28H46O4/c1-5-16-24(4)18-11-9-15-22-32-28(30)26-20-13-12-19-25(26)27(29)31-21-14-8-6-7-10-17-23(2)3/h12-13,19-20,23-24H,5-11,14-18,21-22H2,1-4H3. The van der Waals surface area contributed by atoms with E-state index < -0.39 is 11.9 Å². The minimum Gasteiger partial charge on any atom is -0.462 e. The van der Waals surface area contributed by atoms with E-state index in [2.05, 4.69) is 27.7 Å². The van der Waals surface area contributed by atoms with Crippen LogP contribution in [0.15, 0.2) is 24.3 Å². The predicted molar refractivity (Wildman–Crippen MR) is 132 cm³/mol. The molecule has 0 aliphatic heterocycles. The van der Waals surface area contributed by atoms with Crippen LogP contribution in [0.3, 0.4) is 0 Å². The molecule has 182 valence electrons. The summed E-state index contributed by atoms with van der Waals surface area (Å²) in [5.41, 5.74) is 0.588. The number of ether oxygens (including phenoxy) is 2. The first-order chi connectivity index (χ1) is 15.5.